The van der Waals surface area contributed by atoms with Crippen LogP contribution in [0.2, 0.25) is 5.02 Å². The summed E-state index contributed by atoms with van der Waals surface area (Å²) in [5.74, 6) is -0.406. The second-order valence-electron chi connectivity index (χ2n) is 5.42. The minimum Gasteiger partial charge on any atom is -0.493 e. The topological polar surface area (TPSA) is 55.8 Å². The number of ether oxygens (including phenoxy) is 2. The number of methoxy groups -OCH3 is 1. The lowest BCUT2D eigenvalue weighted by atomic mass is 9.97. The molecule has 1 aromatic heterocycles. The zero-order chi connectivity index (χ0) is 17.5. The van der Waals surface area contributed by atoms with Gasteiger partial charge in [-0.1, -0.05) is 31.0 Å². The highest BCUT2D eigenvalue weighted by molar-refractivity contribution is 7.10. The standard InChI is InChI=1S/C18H21ClO4S/c1-3-4-7-23-17-14(19)10-12(11-15(17)22-2)9-13(18(20)21)16-6-5-8-24-16/h5-6,8,10-11,13H,3-4,7,9H2,1-2H3,(H,20,21). The molecule has 0 bridgehead atoms. The lowest BCUT2D eigenvalue weighted by Crippen LogP contribution is -2.13. The van der Waals surface area contributed by atoms with Crippen LogP contribution in [0.1, 0.15) is 36.1 Å². The van der Waals surface area contributed by atoms with Crippen LogP contribution in [0.5, 0.6) is 11.5 Å². The number of halogens is 1. The van der Waals surface area contributed by atoms with Crippen LogP contribution in [0.4, 0.5) is 0 Å². The maximum absolute atomic E-state index is 11.6. The normalized spacial score (nSPS) is 12.0. The van der Waals surface area contributed by atoms with Crippen LogP contribution >= 0.6 is 22.9 Å². The summed E-state index contributed by atoms with van der Waals surface area (Å²) in [5.41, 5.74) is 0.806. The van der Waals surface area contributed by atoms with Crippen molar-refractivity contribution < 1.29 is 19.4 Å². The number of carboxylic acids is 1. The number of hydrogen-bond acceptors (Lipinski definition) is 4. The van der Waals surface area contributed by atoms with Gasteiger partial charge in [-0.25, -0.2) is 0 Å². The van der Waals surface area contributed by atoms with Gasteiger partial charge in [0, 0.05) is 4.88 Å². The minimum absolute atomic E-state index is 0.348. The van der Waals surface area contributed by atoms with Crippen LogP contribution in [-0.2, 0) is 11.2 Å². The van der Waals surface area contributed by atoms with Crippen molar-refractivity contribution in [3.63, 3.8) is 0 Å². The first-order chi connectivity index (χ1) is 11.6. The predicted octanol–water partition coefficient (Wildman–Crippen LogP) is 5.00. The summed E-state index contributed by atoms with van der Waals surface area (Å²) in [5, 5.41) is 11.8. The third kappa shape index (κ3) is 4.65. The van der Waals surface area contributed by atoms with Gasteiger partial charge >= 0.3 is 5.97 Å². The molecule has 0 aliphatic carbocycles. The Labute approximate surface area is 151 Å². The number of rotatable bonds is 9. The smallest absolute Gasteiger partial charge is 0.312 e. The second-order valence-corrected chi connectivity index (χ2v) is 6.81. The summed E-state index contributed by atoms with van der Waals surface area (Å²) in [6.45, 7) is 2.65. The Balaban J connectivity index is 2.24. The molecule has 6 heteroatoms. The van der Waals surface area contributed by atoms with Crippen molar-refractivity contribution in [1.82, 2.24) is 0 Å². The fraction of sp³-hybridized carbons (Fsp3) is 0.389. The summed E-state index contributed by atoms with van der Waals surface area (Å²) in [6, 6.07) is 7.25. The lowest BCUT2D eigenvalue weighted by Gasteiger charge is -2.16. The number of thiophene rings is 1. The number of unbranched alkanes of at least 4 members (excludes halogenated alkanes) is 1. The molecule has 1 unspecified atom stereocenters. The lowest BCUT2D eigenvalue weighted by molar-refractivity contribution is -0.138. The first-order valence-corrected chi connectivity index (χ1v) is 9.08. The third-order valence-corrected chi connectivity index (χ3v) is 4.92. The molecule has 4 nitrogen and oxygen atoms in total. The zero-order valence-electron chi connectivity index (χ0n) is 13.8. The van der Waals surface area contributed by atoms with Gasteiger partial charge in [0.05, 0.1) is 24.7 Å². The van der Waals surface area contributed by atoms with Crippen LogP contribution in [0.3, 0.4) is 0 Å². The fourth-order valence-corrected chi connectivity index (χ4v) is 3.49. The summed E-state index contributed by atoms with van der Waals surface area (Å²) in [7, 11) is 1.55. The molecule has 2 rings (SSSR count). The second kappa shape index (κ2) is 8.94. The fourth-order valence-electron chi connectivity index (χ4n) is 2.38. The molecule has 0 saturated heterocycles. The minimum atomic E-state index is -0.851. The van der Waals surface area contributed by atoms with Crippen LogP contribution < -0.4 is 9.47 Å². The summed E-state index contributed by atoms with van der Waals surface area (Å²) < 4.78 is 11.1. The number of carboxylic acid groups (broad SMARTS) is 1. The third-order valence-electron chi connectivity index (χ3n) is 3.66. The van der Waals surface area contributed by atoms with E-state index in [1.54, 1.807) is 19.2 Å². The molecule has 0 aliphatic rings. The van der Waals surface area contributed by atoms with Crippen LogP contribution in [0, 0.1) is 0 Å². The van der Waals surface area contributed by atoms with E-state index >= 15 is 0 Å². The highest BCUT2D eigenvalue weighted by atomic mass is 35.5. The molecule has 24 heavy (non-hydrogen) atoms. The van der Waals surface area contributed by atoms with Gasteiger partial charge in [-0.3, -0.25) is 4.79 Å². The Morgan fingerprint density at radius 3 is 2.79 bits per heavy atom. The van der Waals surface area contributed by atoms with Crippen molar-refractivity contribution in [2.24, 2.45) is 0 Å². The first-order valence-electron chi connectivity index (χ1n) is 7.82. The van der Waals surface area contributed by atoms with E-state index in [0.717, 1.165) is 23.3 Å². The molecule has 0 saturated carbocycles. The molecular formula is C18H21ClO4S. The molecule has 0 aliphatic heterocycles. The monoisotopic (exact) mass is 368 g/mol. The maximum Gasteiger partial charge on any atom is 0.312 e. The van der Waals surface area contributed by atoms with E-state index in [-0.39, 0.29) is 0 Å². The number of aliphatic carboxylic acids is 1. The Bertz CT molecular complexity index is 670. The number of carbonyl (C=O) groups is 1. The van der Waals surface area contributed by atoms with Crippen molar-refractivity contribution in [2.75, 3.05) is 13.7 Å². The van der Waals surface area contributed by atoms with Crippen LogP contribution in [0.25, 0.3) is 0 Å². The Kier molecular flexibility index (Phi) is 6.94. The average molecular weight is 369 g/mol. The molecule has 130 valence electrons. The first kappa shape index (κ1) is 18.6. The van der Waals surface area contributed by atoms with E-state index in [2.05, 4.69) is 6.92 Å². The Morgan fingerprint density at radius 2 is 2.21 bits per heavy atom. The molecule has 0 spiro atoms. The van der Waals surface area contributed by atoms with E-state index < -0.39 is 11.9 Å². The van der Waals surface area contributed by atoms with E-state index in [1.807, 2.05) is 17.5 Å². The highest BCUT2D eigenvalue weighted by Crippen LogP contribution is 2.38. The van der Waals surface area contributed by atoms with Crippen molar-refractivity contribution >= 4 is 28.9 Å². The van der Waals surface area contributed by atoms with E-state index in [0.29, 0.717) is 29.5 Å². The molecule has 0 radical (unpaired) electrons. The van der Waals surface area contributed by atoms with Gasteiger partial charge in [0.15, 0.2) is 11.5 Å². The number of benzene rings is 1. The van der Waals surface area contributed by atoms with Gasteiger partial charge in [0.2, 0.25) is 0 Å². The van der Waals surface area contributed by atoms with Crippen molar-refractivity contribution in [3.8, 4) is 11.5 Å². The Morgan fingerprint density at radius 1 is 1.42 bits per heavy atom. The highest BCUT2D eigenvalue weighted by Gasteiger charge is 2.23. The van der Waals surface area contributed by atoms with Crippen molar-refractivity contribution in [1.29, 1.82) is 0 Å². The van der Waals surface area contributed by atoms with Gasteiger partial charge in [0.25, 0.3) is 0 Å². The largest absolute Gasteiger partial charge is 0.493 e. The number of hydrogen-bond donors (Lipinski definition) is 1. The summed E-state index contributed by atoms with van der Waals surface area (Å²) in [6.07, 6.45) is 2.31. The van der Waals surface area contributed by atoms with Crippen molar-refractivity contribution in [3.05, 3.63) is 45.1 Å². The van der Waals surface area contributed by atoms with Gasteiger partial charge in [0.1, 0.15) is 0 Å². The van der Waals surface area contributed by atoms with Crippen LogP contribution in [0.15, 0.2) is 29.6 Å². The van der Waals surface area contributed by atoms with Crippen LogP contribution in [-0.4, -0.2) is 24.8 Å². The van der Waals surface area contributed by atoms with E-state index in [4.69, 9.17) is 21.1 Å². The van der Waals surface area contributed by atoms with Crippen molar-refractivity contribution in [2.45, 2.75) is 32.1 Å². The molecule has 2 aromatic rings. The summed E-state index contributed by atoms with van der Waals surface area (Å²) in [4.78, 5) is 12.4. The summed E-state index contributed by atoms with van der Waals surface area (Å²) >= 11 is 7.77. The van der Waals surface area contributed by atoms with Gasteiger partial charge < -0.3 is 14.6 Å². The molecule has 0 amide bonds. The predicted molar refractivity (Wildman–Crippen MR) is 96.8 cm³/mol. The van der Waals surface area contributed by atoms with Gasteiger partial charge in [-0.15, -0.1) is 11.3 Å². The van der Waals surface area contributed by atoms with Gasteiger partial charge in [-0.2, -0.15) is 0 Å². The van der Waals surface area contributed by atoms with Gasteiger partial charge in [-0.05, 0) is 42.0 Å². The molecule has 1 N–H and O–H groups in total. The van der Waals surface area contributed by atoms with E-state index in [1.165, 1.54) is 11.3 Å². The quantitative estimate of drug-likeness (QED) is 0.633. The average Bonchev–Trinajstić information content (AvgIpc) is 3.08. The van der Waals surface area contributed by atoms with E-state index in [9.17, 15) is 9.90 Å². The Hall–Kier alpha value is -1.72. The molecule has 1 aromatic carbocycles. The maximum atomic E-state index is 11.6. The molecule has 0 fully saturated rings. The molecule has 1 atom stereocenters. The SMILES string of the molecule is CCCCOc1c(Cl)cc(CC(C(=O)O)c2cccs2)cc1OC. The zero-order valence-corrected chi connectivity index (χ0v) is 15.3. The molecular weight excluding hydrogens is 348 g/mol. The molecule has 1 heterocycles.